The lowest BCUT2D eigenvalue weighted by atomic mass is 10.2. The number of carbonyl (C=O) groups is 1. The Morgan fingerprint density at radius 1 is 1.17 bits per heavy atom. The van der Waals surface area contributed by atoms with Gasteiger partial charge in [-0.15, -0.1) is 11.3 Å². The summed E-state index contributed by atoms with van der Waals surface area (Å²) in [7, 11) is 0. The summed E-state index contributed by atoms with van der Waals surface area (Å²) in [5.74, 6) is -2.42. The molecule has 0 saturated heterocycles. The lowest BCUT2D eigenvalue weighted by Crippen LogP contribution is -2.00. The first-order valence-corrected chi connectivity index (χ1v) is 8.34. The van der Waals surface area contributed by atoms with Gasteiger partial charge in [0.25, 0.3) is 0 Å². The van der Waals surface area contributed by atoms with Gasteiger partial charge in [0.05, 0.1) is 11.8 Å². The van der Waals surface area contributed by atoms with Gasteiger partial charge in [0, 0.05) is 11.3 Å². The highest BCUT2D eigenvalue weighted by atomic mass is 32.2. The number of nitrogens with zero attached hydrogens (tertiary/aromatic N) is 1. The SMILES string of the molecule is O=C(O)c1ccc(NSc2cnc(-c3ccc(F)cc3)s2)cc1F. The smallest absolute Gasteiger partial charge is 0.338 e. The number of hydrogen-bond acceptors (Lipinski definition) is 5. The second kappa shape index (κ2) is 6.98. The minimum atomic E-state index is -1.31. The van der Waals surface area contributed by atoms with E-state index in [-0.39, 0.29) is 11.4 Å². The molecule has 0 fully saturated rings. The van der Waals surface area contributed by atoms with Crippen LogP contribution < -0.4 is 4.72 Å². The fraction of sp³-hybridized carbons (Fsp3) is 0. The molecule has 0 amide bonds. The minimum absolute atomic E-state index is 0.307. The van der Waals surface area contributed by atoms with Gasteiger partial charge in [-0.2, -0.15) is 0 Å². The summed E-state index contributed by atoms with van der Waals surface area (Å²) in [6.07, 6.45) is 1.66. The number of rotatable bonds is 5. The Labute approximate surface area is 144 Å². The van der Waals surface area contributed by atoms with E-state index < -0.39 is 11.8 Å². The molecule has 0 atom stereocenters. The molecule has 0 aliphatic carbocycles. The largest absolute Gasteiger partial charge is 0.478 e. The van der Waals surface area contributed by atoms with Crippen LogP contribution in [-0.4, -0.2) is 16.1 Å². The van der Waals surface area contributed by atoms with Crippen molar-refractivity contribution in [2.75, 3.05) is 4.72 Å². The van der Waals surface area contributed by atoms with E-state index in [0.29, 0.717) is 5.69 Å². The first-order valence-electron chi connectivity index (χ1n) is 6.70. The molecule has 4 nitrogen and oxygen atoms in total. The van der Waals surface area contributed by atoms with Crippen molar-refractivity contribution in [2.45, 2.75) is 4.21 Å². The molecule has 8 heteroatoms. The molecular formula is C16H10F2N2O2S2. The van der Waals surface area contributed by atoms with Crippen LogP contribution >= 0.6 is 23.3 Å². The number of benzene rings is 2. The summed E-state index contributed by atoms with van der Waals surface area (Å²) in [4.78, 5) is 15.0. The van der Waals surface area contributed by atoms with Gasteiger partial charge in [-0.1, -0.05) is 0 Å². The van der Waals surface area contributed by atoms with E-state index >= 15 is 0 Å². The van der Waals surface area contributed by atoms with Crippen LogP contribution in [0, 0.1) is 11.6 Å². The molecule has 0 unspecified atom stereocenters. The Hall–Kier alpha value is -2.45. The molecule has 24 heavy (non-hydrogen) atoms. The Morgan fingerprint density at radius 2 is 1.92 bits per heavy atom. The van der Waals surface area contributed by atoms with Gasteiger partial charge in [-0.25, -0.2) is 18.6 Å². The van der Waals surface area contributed by atoms with E-state index in [0.717, 1.165) is 20.8 Å². The summed E-state index contributed by atoms with van der Waals surface area (Å²) in [5, 5.41) is 9.54. The van der Waals surface area contributed by atoms with Crippen LogP contribution in [0.5, 0.6) is 0 Å². The maximum Gasteiger partial charge on any atom is 0.338 e. The number of thiazole rings is 1. The molecule has 3 rings (SSSR count). The molecule has 1 heterocycles. The maximum atomic E-state index is 13.6. The average molecular weight is 364 g/mol. The van der Waals surface area contributed by atoms with Crippen molar-refractivity contribution in [3.63, 3.8) is 0 Å². The number of halogens is 2. The average Bonchev–Trinajstić information content (AvgIpc) is 3.02. The lowest BCUT2D eigenvalue weighted by Gasteiger charge is -2.04. The number of hydrogen-bond donors (Lipinski definition) is 2. The summed E-state index contributed by atoms with van der Waals surface area (Å²) in [6, 6.07) is 9.85. The van der Waals surface area contributed by atoms with E-state index in [1.54, 1.807) is 18.3 Å². The van der Waals surface area contributed by atoms with E-state index in [1.165, 1.54) is 47.6 Å². The number of carboxylic acid groups (broad SMARTS) is 1. The van der Waals surface area contributed by atoms with Crippen molar-refractivity contribution in [1.29, 1.82) is 0 Å². The minimum Gasteiger partial charge on any atom is -0.478 e. The van der Waals surface area contributed by atoms with Crippen LogP contribution in [0.3, 0.4) is 0 Å². The first-order chi connectivity index (χ1) is 11.5. The third-order valence-corrected chi connectivity index (χ3v) is 5.03. The van der Waals surface area contributed by atoms with Crippen molar-refractivity contribution in [3.8, 4) is 10.6 Å². The van der Waals surface area contributed by atoms with Crippen LogP contribution in [0.1, 0.15) is 10.4 Å². The highest BCUT2D eigenvalue weighted by Gasteiger charge is 2.11. The quantitative estimate of drug-likeness (QED) is 0.630. The van der Waals surface area contributed by atoms with E-state index in [9.17, 15) is 13.6 Å². The second-order valence-electron chi connectivity index (χ2n) is 4.70. The molecule has 2 aromatic carbocycles. The Bertz CT molecular complexity index is 882. The number of aromatic nitrogens is 1. The molecule has 0 aliphatic heterocycles. The van der Waals surface area contributed by atoms with E-state index in [4.69, 9.17) is 5.11 Å². The van der Waals surface area contributed by atoms with Crippen molar-refractivity contribution in [2.24, 2.45) is 0 Å². The monoisotopic (exact) mass is 364 g/mol. The van der Waals surface area contributed by atoms with Crippen LogP contribution in [0.4, 0.5) is 14.5 Å². The summed E-state index contributed by atoms with van der Waals surface area (Å²) >= 11 is 2.64. The fourth-order valence-corrected chi connectivity index (χ4v) is 3.53. The maximum absolute atomic E-state index is 13.6. The topological polar surface area (TPSA) is 62.2 Å². The fourth-order valence-electron chi connectivity index (χ4n) is 1.89. The standard InChI is InChI=1S/C16H10F2N2O2S2/c17-10-3-1-9(2-4-10)15-19-8-14(23-15)24-20-11-5-6-12(16(21)22)13(18)7-11/h1-8,20H,(H,21,22). The molecule has 122 valence electrons. The van der Waals surface area contributed by atoms with Gasteiger partial charge >= 0.3 is 5.97 Å². The number of aromatic carboxylic acids is 1. The molecule has 2 N–H and O–H groups in total. The second-order valence-corrected chi connectivity index (χ2v) is 6.83. The molecule has 0 saturated carbocycles. The zero-order chi connectivity index (χ0) is 17.1. The third-order valence-electron chi connectivity index (χ3n) is 3.04. The van der Waals surface area contributed by atoms with E-state index in [2.05, 4.69) is 9.71 Å². The highest BCUT2D eigenvalue weighted by Crippen LogP contribution is 2.32. The molecule has 0 radical (unpaired) electrons. The van der Waals surface area contributed by atoms with Crippen LogP contribution in [-0.2, 0) is 0 Å². The van der Waals surface area contributed by atoms with Crippen molar-refractivity contribution < 1.29 is 18.7 Å². The van der Waals surface area contributed by atoms with Gasteiger partial charge in [-0.05, 0) is 54.4 Å². The van der Waals surface area contributed by atoms with Crippen molar-refractivity contribution >= 4 is 34.9 Å². The molecule has 0 aliphatic rings. The van der Waals surface area contributed by atoms with Crippen LogP contribution in [0.25, 0.3) is 10.6 Å². The molecule has 0 spiro atoms. The molecular weight excluding hydrogens is 354 g/mol. The summed E-state index contributed by atoms with van der Waals surface area (Å²) in [5.41, 5.74) is 0.881. The van der Waals surface area contributed by atoms with Gasteiger partial charge in [0.2, 0.25) is 0 Å². The first kappa shape index (κ1) is 16.4. The predicted octanol–water partition coefficient (Wildman–Crippen LogP) is 4.91. The van der Waals surface area contributed by atoms with E-state index in [1.807, 2.05) is 0 Å². The predicted molar refractivity (Wildman–Crippen MR) is 90.3 cm³/mol. The highest BCUT2D eigenvalue weighted by molar-refractivity contribution is 8.02. The molecule has 1 aromatic heterocycles. The van der Waals surface area contributed by atoms with Gasteiger partial charge in [0.1, 0.15) is 20.9 Å². The molecule has 3 aromatic rings. The van der Waals surface area contributed by atoms with Crippen molar-refractivity contribution in [3.05, 3.63) is 65.9 Å². The zero-order valence-corrected chi connectivity index (χ0v) is 13.6. The summed E-state index contributed by atoms with van der Waals surface area (Å²) in [6.45, 7) is 0. The third kappa shape index (κ3) is 3.72. The number of anilines is 1. The summed E-state index contributed by atoms with van der Waals surface area (Å²) < 4.78 is 30.3. The van der Waals surface area contributed by atoms with Crippen LogP contribution in [0.2, 0.25) is 0 Å². The van der Waals surface area contributed by atoms with Crippen molar-refractivity contribution in [1.82, 2.24) is 4.98 Å². The number of carboxylic acids is 1. The lowest BCUT2D eigenvalue weighted by molar-refractivity contribution is 0.0692. The number of nitrogens with one attached hydrogen (secondary N) is 1. The molecule has 0 bridgehead atoms. The van der Waals surface area contributed by atoms with Gasteiger partial charge in [-0.3, -0.25) is 0 Å². The Balaban J connectivity index is 1.68. The van der Waals surface area contributed by atoms with Gasteiger partial charge < -0.3 is 9.83 Å². The normalized spacial score (nSPS) is 10.6. The van der Waals surface area contributed by atoms with Gasteiger partial charge in [0.15, 0.2) is 0 Å². The van der Waals surface area contributed by atoms with Crippen LogP contribution in [0.15, 0.2) is 52.9 Å². The Kier molecular flexibility index (Phi) is 4.77. The Morgan fingerprint density at radius 3 is 2.58 bits per heavy atom. The zero-order valence-electron chi connectivity index (χ0n) is 12.0.